The predicted octanol–water partition coefficient (Wildman–Crippen LogP) is 3.30. The van der Waals surface area contributed by atoms with Crippen molar-refractivity contribution in [3.8, 4) is 11.4 Å². The van der Waals surface area contributed by atoms with E-state index in [0.29, 0.717) is 29.9 Å². The molecule has 1 amide bonds. The van der Waals surface area contributed by atoms with Crippen LogP contribution in [0.25, 0.3) is 5.69 Å². The van der Waals surface area contributed by atoms with E-state index in [1.165, 1.54) is 6.42 Å². The normalized spacial score (nSPS) is 26.6. The molecule has 6 heteroatoms. The summed E-state index contributed by atoms with van der Waals surface area (Å²) >= 11 is 0. The van der Waals surface area contributed by atoms with Gasteiger partial charge in [0, 0.05) is 12.1 Å². The van der Waals surface area contributed by atoms with Gasteiger partial charge in [-0.3, -0.25) is 4.79 Å². The third-order valence-electron chi connectivity index (χ3n) is 6.05. The topological polar surface area (TPSA) is 82.2 Å². The van der Waals surface area contributed by atoms with Crippen LogP contribution in [0.3, 0.4) is 0 Å². The third kappa shape index (κ3) is 3.92. The number of carbonyl (C=O) groups excluding carboxylic acids is 1. The lowest BCUT2D eigenvalue weighted by atomic mass is 9.67. The first-order chi connectivity index (χ1) is 13.7. The van der Waals surface area contributed by atoms with E-state index < -0.39 is 0 Å². The number of para-hydroxylation sites is 1. The number of rotatable bonds is 6. The highest BCUT2D eigenvalue weighted by atomic mass is 16.5. The maximum atomic E-state index is 13.2. The van der Waals surface area contributed by atoms with Gasteiger partial charge in [-0.25, -0.2) is 4.68 Å². The largest absolute Gasteiger partial charge is 0.489 e. The highest BCUT2D eigenvalue weighted by Crippen LogP contribution is 2.40. The van der Waals surface area contributed by atoms with Crippen molar-refractivity contribution in [2.24, 2.45) is 17.6 Å². The van der Waals surface area contributed by atoms with Crippen molar-refractivity contribution < 1.29 is 9.53 Å². The molecule has 3 N–H and O–H groups in total. The van der Waals surface area contributed by atoms with Gasteiger partial charge in [0.05, 0.1) is 18.5 Å². The Morgan fingerprint density at radius 2 is 1.96 bits per heavy atom. The summed E-state index contributed by atoms with van der Waals surface area (Å²) in [6.07, 6.45) is 8.21. The van der Waals surface area contributed by atoms with Gasteiger partial charge in [0.15, 0.2) is 11.4 Å². The molecular weight excluding hydrogens is 352 g/mol. The maximum Gasteiger partial charge on any atom is 0.275 e. The van der Waals surface area contributed by atoms with Crippen LogP contribution < -0.4 is 15.8 Å². The van der Waals surface area contributed by atoms with Gasteiger partial charge in [0.2, 0.25) is 0 Å². The molecule has 0 saturated heterocycles. The summed E-state index contributed by atoms with van der Waals surface area (Å²) in [6.45, 7) is 2.61. The Morgan fingerprint density at radius 3 is 2.64 bits per heavy atom. The Balaban J connectivity index is 1.56. The highest BCUT2D eigenvalue weighted by Gasteiger charge is 2.40. The molecule has 150 valence electrons. The molecule has 0 spiro atoms. The standard InChI is InChI=1S/C22H30N4O2/c1-2-11-28-19-14-26(18-9-4-3-5-10-18)25-21(19)22(27)24-20-15-7-6-8-16(20)13-17(23)12-15/h3-5,9-10,14-17,20H,2,6-8,11-13,23H2,1H3,(H,24,27). The summed E-state index contributed by atoms with van der Waals surface area (Å²) in [5.74, 6) is 1.35. The number of aromatic nitrogens is 2. The molecule has 28 heavy (non-hydrogen) atoms. The van der Waals surface area contributed by atoms with Gasteiger partial charge in [0.1, 0.15) is 0 Å². The van der Waals surface area contributed by atoms with Crippen LogP contribution in [0.1, 0.15) is 55.9 Å². The zero-order valence-electron chi connectivity index (χ0n) is 16.5. The zero-order chi connectivity index (χ0) is 19.5. The molecule has 2 aromatic rings. The van der Waals surface area contributed by atoms with Crippen molar-refractivity contribution in [2.75, 3.05) is 6.61 Å². The lowest BCUT2D eigenvalue weighted by Crippen LogP contribution is -2.53. The van der Waals surface area contributed by atoms with E-state index in [9.17, 15) is 4.79 Å². The number of nitrogens with zero attached hydrogens (tertiary/aromatic N) is 2. The van der Waals surface area contributed by atoms with E-state index in [2.05, 4.69) is 10.4 Å². The first-order valence-corrected chi connectivity index (χ1v) is 10.5. The summed E-state index contributed by atoms with van der Waals surface area (Å²) in [7, 11) is 0. The van der Waals surface area contributed by atoms with Gasteiger partial charge in [-0.05, 0) is 56.1 Å². The van der Waals surface area contributed by atoms with Crippen molar-refractivity contribution in [1.29, 1.82) is 0 Å². The molecule has 2 fully saturated rings. The SMILES string of the molecule is CCCOc1cn(-c2ccccc2)nc1C(=O)NC1C2CCCC1CC(N)C2. The summed E-state index contributed by atoms with van der Waals surface area (Å²) in [6, 6.07) is 10.3. The Bertz CT molecular complexity index is 790. The van der Waals surface area contributed by atoms with E-state index in [1.54, 1.807) is 10.9 Å². The summed E-state index contributed by atoms with van der Waals surface area (Å²) in [4.78, 5) is 13.2. The molecule has 2 bridgehead atoms. The second-order valence-electron chi connectivity index (χ2n) is 8.15. The lowest BCUT2D eigenvalue weighted by Gasteiger charge is -2.45. The van der Waals surface area contributed by atoms with Crippen LogP contribution >= 0.6 is 0 Å². The Morgan fingerprint density at radius 1 is 1.25 bits per heavy atom. The molecule has 2 aliphatic carbocycles. The highest BCUT2D eigenvalue weighted by molar-refractivity contribution is 5.95. The minimum absolute atomic E-state index is 0.141. The van der Waals surface area contributed by atoms with Gasteiger partial charge in [-0.15, -0.1) is 0 Å². The summed E-state index contributed by atoms with van der Waals surface area (Å²) < 4.78 is 7.57. The van der Waals surface area contributed by atoms with Crippen molar-refractivity contribution in [1.82, 2.24) is 15.1 Å². The average molecular weight is 383 g/mol. The molecule has 0 aliphatic heterocycles. The number of amides is 1. The van der Waals surface area contributed by atoms with E-state index in [0.717, 1.165) is 37.8 Å². The van der Waals surface area contributed by atoms with Crippen LogP contribution in [-0.4, -0.2) is 34.4 Å². The molecule has 6 nitrogen and oxygen atoms in total. The smallest absolute Gasteiger partial charge is 0.275 e. The number of benzene rings is 1. The fraction of sp³-hybridized carbons (Fsp3) is 0.545. The molecule has 2 saturated carbocycles. The van der Waals surface area contributed by atoms with Crippen molar-refractivity contribution in [2.45, 2.75) is 57.5 Å². The van der Waals surface area contributed by atoms with Crippen LogP contribution in [0.4, 0.5) is 0 Å². The summed E-state index contributed by atoms with van der Waals surface area (Å²) in [5, 5.41) is 7.85. The first-order valence-electron chi connectivity index (χ1n) is 10.5. The van der Waals surface area contributed by atoms with Gasteiger partial charge in [0.25, 0.3) is 5.91 Å². The minimum atomic E-state index is -0.141. The lowest BCUT2D eigenvalue weighted by molar-refractivity contribution is 0.0748. The minimum Gasteiger partial charge on any atom is -0.489 e. The maximum absolute atomic E-state index is 13.2. The average Bonchev–Trinajstić information content (AvgIpc) is 3.12. The van der Waals surface area contributed by atoms with Crippen LogP contribution in [0.2, 0.25) is 0 Å². The first kappa shape index (κ1) is 19.0. The van der Waals surface area contributed by atoms with Gasteiger partial charge in [-0.2, -0.15) is 5.10 Å². The number of carbonyl (C=O) groups is 1. The van der Waals surface area contributed by atoms with Crippen LogP contribution in [0.5, 0.6) is 5.75 Å². The molecule has 0 radical (unpaired) electrons. The van der Waals surface area contributed by atoms with E-state index in [1.807, 2.05) is 37.3 Å². The van der Waals surface area contributed by atoms with Gasteiger partial charge < -0.3 is 15.8 Å². The molecule has 1 heterocycles. The third-order valence-corrected chi connectivity index (χ3v) is 6.05. The van der Waals surface area contributed by atoms with Crippen molar-refractivity contribution >= 4 is 5.91 Å². The molecule has 1 aromatic carbocycles. The number of hydrogen-bond acceptors (Lipinski definition) is 4. The second kappa shape index (κ2) is 8.35. The number of fused-ring (bicyclic) bond motifs is 2. The molecular formula is C22H30N4O2. The molecule has 2 aliphatic rings. The van der Waals surface area contributed by atoms with Crippen LogP contribution in [-0.2, 0) is 0 Å². The van der Waals surface area contributed by atoms with E-state index in [-0.39, 0.29) is 18.0 Å². The predicted molar refractivity (Wildman–Crippen MR) is 109 cm³/mol. The Kier molecular flexibility index (Phi) is 5.67. The molecule has 1 aromatic heterocycles. The zero-order valence-corrected chi connectivity index (χ0v) is 16.5. The Labute approximate surface area is 166 Å². The van der Waals surface area contributed by atoms with E-state index >= 15 is 0 Å². The molecule has 2 unspecified atom stereocenters. The summed E-state index contributed by atoms with van der Waals surface area (Å²) in [5.41, 5.74) is 7.50. The number of nitrogens with two attached hydrogens (primary N) is 1. The van der Waals surface area contributed by atoms with Gasteiger partial charge in [-0.1, -0.05) is 31.5 Å². The van der Waals surface area contributed by atoms with E-state index in [4.69, 9.17) is 10.5 Å². The molecule has 4 rings (SSSR count). The number of hydrogen-bond donors (Lipinski definition) is 2. The fourth-order valence-corrected chi connectivity index (χ4v) is 4.79. The van der Waals surface area contributed by atoms with Crippen LogP contribution in [0, 0.1) is 11.8 Å². The van der Waals surface area contributed by atoms with Crippen LogP contribution in [0.15, 0.2) is 36.5 Å². The monoisotopic (exact) mass is 382 g/mol. The fourth-order valence-electron chi connectivity index (χ4n) is 4.79. The quantitative estimate of drug-likeness (QED) is 0.803. The van der Waals surface area contributed by atoms with Crippen molar-refractivity contribution in [3.05, 3.63) is 42.2 Å². The molecule has 2 atom stereocenters. The second-order valence-corrected chi connectivity index (χ2v) is 8.15. The Hall–Kier alpha value is -2.34. The number of nitrogens with one attached hydrogen (secondary N) is 1. The van der Waals surface area contributed by atoms with Gasteiger partial charge >= 0.3 is 0 Å². The van der Waals surface area contributed by atoms with Crippen molar-refractivity contribution in [3.63, 3.8) is 0 Å². The number of ether oxygens (including phenoxy) is 1.